The highest BCUT2D eigenvalue weighted by atomic mass is 14.6. The normalized spacial score (nSPS) is 21.6. The highest BCUT2D eigenvalue weighted by Crippen LogP contribution is 2.27. The number of hydrogen-bond donors (Lipinski definition) is 1. The Bertz CT molecular complexity index is 166. The summed E-state index contributed by atoms with van der Waals surface area (Å²) in [5.41, 5.74) is 7.55. The van der Waals surface area contributed by atoms with Gasteiger partial charge < -0.3 is 5.73 Å². The van der Waals surface area contributed by atoms with Crippen molar-refractivity contribution in [1.29, 1.82) is 0 Å². The van der Waals surface area contributed by atoms with E-state index in [1.165, 1.54) is 44.1 Å². The van der Waals surface area contributed by atoms with Gasteiger partial charge in [0.05, 0.1) is 0 Å². The van der Waals surface area contributed by atoms with Crippen LogP contribution in [-0.4, -0.2) is 6.04 Å². The van der Waals surface area contributed by atoms with Gasteiger partial charge in [0.25, 0.3) is 0 Å². The first-order valence-electron chi connectivity index (χ1n) is 6.16. The summed E-state index contributed by atoms with van der Waals surface area (Å²) in [6.07, 6.45) is 10.4. The Hall–Kier alpha value is -0.300. The fourth-order valence-corrected chi connectivity index (χ4v) is 2.38. The van der Waals surface area contributed by atoms with Gasteiger partial charge in [-0.1, -0.05) is 44.8 Å². The van der Waals surface area contributed by atoms with Crippen molar-refractivity contribution in [1.82, 2.24) is 0 Å². The van der Waals surface area contributed by atoms with Crippen LogP contribution >= 0.6 is 0 Å². The molecule has 1 rings (SSSR count). The van der Waals surface area contributed by atoms with Crippen LogP contribution in [0.4, 0.5) is 0 Å². The molecule has 0 bridgehead atoms. The Morgan fingerprint density at radius 1 is 1.29 bits per heavy atom. The molecule has 0 spiro atoms. The minimum Gasteiger partial charge on any atom is -0.327 e. The standard InChI is InChI=1S/C13H25N/c1-3-11(2)10-13(14)12-8-6-4-5-7-9-12/h12-13H,2-10,14H2,1H3. The molecule has 0 aromatic rings. The van der Waals surface area contributed by atoms with Crippen LogP contribution < -0.4 is 5.73 Å². The molecule has 2 N–H and O–H groups in total. The Kier molecular flexibility index (Phi) is 5.24. The predicted molar refractivity (Wildman–Crippen MR) is 63.2 cm³/mol. The SMILES string of the molecule is C=C(CC)CC(N)C1CCCCCC1. The van der Waals surface area contributed by atoms with Crippen LogP contribution in [0.2, 0.25) is 0 Å². The average Bonchev–Trinajstić information content (AvgIpc) is 2.45. The first kappa shape index (κ1) is 11.8. The van der Waals surface area contributed by atoms with Crippen molar-refractivity contribution in [2.45, 2.75) is 64.3 Å². The van der Waals surface area contributed by atoms with Gasteiger partial charge in [-0.15, -0.1) is 0 Å². The monoisotopic (exact) mass is 195 g/mol. The lowest BCUT2D eigenvalue weighted by Crippen LogP contribution is -2.30. The minimum atomic E-state index is 0.376. The van der Waals surface area contributed by atoms with Gasteiger partial charge in [-0.05, 0) is 31.6 Å². The fourth-order valence-electron chi connectivity index (χ4n) is 2.38. The van der Waals surface area contributed by atoms with Crippen molar-refractivity contribution in [3.05, 3.63) is 12.2 Å². The van der Waals surface area contributed by atoms with Gasteiger partial charge in [0.2, 0.25) is 0 Å². The van der Waals surface area contributed by atoms with E-state index in [2.05, 4.69) is 13.5 Å². The molecule has 1 nitrogen and oxygen atoms in total. The lowest BCUT2D eigenvalue weighted by molar-refractivity contribution is 0.370. The second-order valence-electron chi connectivity index (χ2n) is 4.72. The molecule has 0 heterocycles. The van der Waals surface area contributed by atoms with Crippen molar-refractivity contribution in [2.75, 3.05) is 0 Å². The molecular weight excluding hydrogens is 170 g/mol. The quantitative estimate of drug-likeness (QED) is 0.538. The van der Waals surface area contributed by atoms with E-state index in [1.54, 1.807) is 0 Å². The van der Waals surface area contributed by atoms with Crippen LogP contribution in [-0.2, 0) is 0 Å². The molecule has 1 unspecified atom stereocenters. The van der Waals surface area contributed by atoms with Crippen molar-refractivity contribution in [2.24, 2.45) is 11.7 Å². The average molecular weight is 195 g/mol. The molecule has 1 heteroatoms. The topological polar surface area (TPSA) is 26.0 Å². The molecule has 0 aliphatic heterocycles. The van der Waals surface area contributed by atoms with Gasteiger partial charge >= 0.3 is 0 Å². The van der Waals surface area contributed by atoms with Crippen LogP contribution in [0.25, 0.3) is 0 Å². The zero-order valence-electron chi connectivity index (χ0n) is 9.60. The van der Waals surface area contributed by atoms with Crippen LogP contribution in [0, 0.1) is 5.92 Å². The van der Waals surface area contributed by atoms with Crippen molar-refractivity contribution in [3.63, 3.8) is 0 Å². The summed E-state index contributed by atoms with van der Waals surface area (Å²) in [6.45, 7) is 6.22. The maximum atomic E-state index is 6.23. The molecule has 0 aromatic carbocycles. The molecule has 1 aliphatic rings. The van der Waals surface area contributed by atoms with E-state index in [4.69, 9.17) is 5.73 Å². The molecule has 0 aromatic heterocycles. The first-order chi connectivity index (χ1) is 6.74. The van der Waals surface area contributed by atoms with Crippen LogP contribution in [0.1, 0.15) is 58.3 Å². The van der Waals surface area contributed by atoms with Gasteiger partial charge in [-0.25, -0.2) is 0 Å². The van der Waals surface area contributed by atoms with Crippen LogP contribution in [0.15, 0.2) is 12.2 Å². The molecule has 0 amide bonds. The molecule has 1 saturated carbocycles. The summed E-state index contributed by atoms with van der Waals surface area (Å²) in [6, 6.07) is 0.376. The summed E-state index contributed by atoms with van der Waals surface area (Å²) < 4.78 is 0. The molecule has 14 heavy (non-hydrogen) atoms. The van der Waals surface area contributed by atoms with Crippen LogP contribution in [0.5, 0.6) is 0 Å². The Balaban J connectivity index is 2.33. The molecule has 0 radical (unpaired) electrons. The molecule has 1 atom stereocenters. The Labute approximate surface area is 88.8 Å². The number of rotatable bonds is 4. The van der Waals surface area contributed by atoms with E-state index < -0.39 is 0 Å². The highest BCUT2D eigenvalue weighted by Gasteiger charge is 2.19. The summed E-state index contributed by atoms with van der Waals surface area (Å²) in [5, 5.41) is 0. The largest absolute Gasteiger partial charge is 0.327 e. The minimum absolute atomic E-state index is 0.376. The van der Waals surface area contributed by atoms with Gasteiger partial charge in [0.15, 0.2) is 0 Å². The van der Waals surface area contributed by atoms with E-state index in [1.807, 2.05) is 0 Å². The Morgan fingerprint density at radius 2 is 1.86 bits per heavy atom. The van der Waals surface area contributed by atoms with E-state index in [0.717, 1.165) is 18.8 Å². The zero-order chi connectivity index (χ0) is 10.4. The van der Waals surface area contributed by atoms with E-state index in [9.17, 15) is 0 Å². The second-order valence-corrected chi connectivity index (χ2v) is 4.72. The summed E-state index contributed by atoms with van der Waals surface area (Å²) >= 11 is 0. The molecule has 1 fully saturated rings. The summed E-state index contributed by atoms with van der Waals surface area (Å²) in [7, 11) is 0. The summed E-state index contributed by atoms with van der Waals surface area (Å²) in [5.74, 6) is 0.765. The lowest BCUT2D eigenvalue weighted by atomic mass is 9.88. The fraction of sp³-hybridized carbons (Fsp3) is 0.846. The van der Waals surface area contributed by atoms with Gasteiger partial charge in [-0.2, -0.15) is 0 Å². The highest BCUT2D eigenvalue weighted by molar-refractivity contribution is 4.97. The maximum Gasteiger partial charge on any atom is 0.0104 e. The predicted octanol–water partition coefficient (Wildman–Crippen LogP) is 3.64. The summed E-state index contributed by atoms with van der Waals surface area (Å²) in [4.78, 5) is 0. The third kappa shape index (κ3) is 3.83. The molecule has 1 aliphatic carbocycles. The van der Waals surface area contributed by atoms with Gasteiger partial charge in [-0.3, -0.25) is 0 Å². The van der Waals surface area contributed by atoms with E-state index in [0.29, 0.717) is 6.04 Å². The van der Waals surface area contributed by atoms with Crippen molar-refractivity contribution in [3.8, 4) is 0 Å². The molecule has 0 saturated heterocycles. The van der Waals surface area contributed by atoms with E-state index in [-0.39, 0.29) is 0 Å². The van der Waals surface area contributed by atoms with Gasteiger partial charge in [0, 0.05) is 6.04 Å². The maximum absolute atomic E-state index is 6.23. The second kappa shape index (κ2) is 6.23. The number of hydrogen-bond acceptors (Lipinski definition) is 1. The lowest BCUT2D eigenvalue weighted by Gasteiger charge is -2.22. The zero-order valence-corrected chi connectivity index (χ0v) is 9.60. The van der Waals surface area contributed by atoms with Crippen LogP contribution in [0.3, 0.4) is 0 Å². The first-order valence-corrected chi connectivity index (χ1v) is 6.16. The van der Waals surface area contributed by atoms with E-state index >= 15 is 0 Å². The van der Waals surface area contributed by atoms with Crippen molar-refractivity contribution >= 4 is 0 Å². The third-order valence-corrected chi connectivity index (χ3v) is 3.53. The molecular formula is C13H25N. The third-order valence-electron chi connectivity index (χ3n) is 3.53. The smallest absolute Gasteiger partial charge is 0.0104 e. The Morgan fingerprint density at radius 3 is 2.36 bits per heavy atom. The van der Waals surface area contributed by atoms with Crippen molar-refractivity contribution < 1.29 is 0 Å². The van der Waals surface area contributed by atoms with Gasteiger partial charge in [0.1, 0.15) is 0 Å². The molecule has 82 valence electrons. The number of nitrogens with two attached hydrogens (primary N) is 1.